The van der Waals surface area contributed by atoms with E-state index >= 15 is 0 Å². The fraction of sp³-hybridized carbons (Fsp3) is 0.188. The van der Waals surface area contributed by atoms with Gasteiger partial charge in [-0.1, -0.05) is 29.8 Å². The number of rotatable bonds is 5. The summed E-state index contributed by atoms with van der Waals surface area (Å²) < 4.78 is 0. The molecule has 0 aliphatic carbocycles. The average molecular weight is 289 g/mol. The summed E-state index contributed by atoms with van der Waals surface area (Å²) in [6.07, 6.45) is 0.414. The molecule has 0 aliphatic heterocycles. The molecule has 1 amide bonds. The van der Waals surface area contributed by atoms with Crippen LogP contribution in [0.3, 0.4) is 0 Å². The minimum Gasteiger partial charge on any atom is -0.384 e. The lowest BCUT2D eigenvalue weighted by Crippen LogP contribution is -2.16. The van der Waals surface area contributed by atoms with E-state index < -0.39 is 0 Å². The Bertz CT molecular complexity index is 584. The molecule has 0 unspecified atom stereocenters. The molecule has 2 N–H and O–H groups in total. The summed E-state index contributed by atoms with van der Waals surface area (Å²) in [5, 5.41) is 6.81. The standard InChI is InChI=1S/C16H17ClN2O/c1-12-11-13(17)7-8-15(12)18-10-9-16(20)19-14-5-3-2-4-6-14/h2-8,11,18H,9-10H2,1H3,(H,19,20). The number of nitrogens with one attached hydrogen (secondary N) is 2. The van der Waals surface area contributed by atoms with Crippen LogP contribution in [0.25, 0.3) is 0 Å². The van der Waals surface area contributed by atoms with Gasteiger partial charge < -0.3 is 10.6 Å². The highest BCUT2D eigenvalue weighted by Crippen LogP contribution is 2.19. The van der Waals surface area contributed by atoms with Gasteiger partial charge in [-0.05, 0) is 42.8 Å². The number of halogens is 1. The van der Waals surface area contributed by atoms with E-state index in [4.69, 9.17) is 11.6 Å². The highest BCUT2D eigenvalue weighted by Gasteiger charge is 2.03. The molecule has 2 rings (SSSR count). The van der Waals surface area contributed by atoms with Gasteiger partial charge in [-0.2, -0.15) is 0 Å². The quantitative estimate of drug-likeness (QED) is 0.870. The number of hydrogen-bond donors (Lipinski definition) is 2. The van der Waals surface area contributed by atoms with Gasteiger partial charge in [-0.3, -0.25) is 4.79 Å². The Kier molecular flexibility index (Phi) is 5.02. The molecule has 0 fully saturated rings. The molecule has 0 aromatic heterocycles. The number of hydrogen-bond acceptors (Lipinski definition) is 2. The fourth-order valence-corrected chi connectivity index (χ4v) is 2.11. The molecule has 3 nitrogen and oxygen atoms in total. The van der Waals surface area contributed by atoms with E-state index in [1.165, 1.54) is 0 Å². The van der Waals surface area contributed by atoms with Crippen molar-refractivity contribution in [3.8, 4) is 0 Å². The van der Waals surface area contributed by atoms with E-state index in [0.717, 1.165) is 22.0 Å². The van der Waals surface area contributed by atoms with Crippen molar-refractivity contribution in [2.75, 3.05) is 17.2 Å². The highest BCUT2D eigenvalue weighted by atomic mass is 35.5. The number of carbonyl (C=O) groups excluding carboxylic acids is 1. The zero-order valence-corrected chi connectivity index (χ0v) is 12.1. The highest BCUT2D eigenvalue weighted by molar-refractivity contribution is 6.30. The van der Waals surface area contributed by atoms with Gasteiger partial charge in [-0.25, -0.2) is 0 Å². The Balaban J connectivity index is 1.79. The molecule has 0 atom stereocenters. The number of benzene rings is 2. The molecule has 4 heteroatoms. The maximum atomic E-state index is 11.8. The SMILES string of the molecule is Cc1cc(Cl)ccc1NCCC(=O)Nc1ccccc1. The topological polar surface area (TPSA) is 41.1 Å². The number of amides is 1. The lowest BCUT2D eigenvalue weighted by molar-refractivity contribution is -0.115. The summed E-state index contributed by atoms with van der Waals surface area (Å²) in [6, 6.07) is 15.1. The Morgan fingerprint density at radius 3 is 2.60 bits per heavy atom. The smallest absolute Gasteiger partial charge is 0.226 e. The van der Waals surface area contributed by atoms with Crippen molar-refractivity contribution >= 4 is 28.9 Å². The molecule has 0 aliphatic rings. The van der Waals surface area contributed by atoms with Crippen LogP contribution in [0.1, 0.15) is 12.0 Å². The summed E-state index contributed by atoms with van der Waals surface area (Å²) in [6.45, 7) is 2.57. The van der Waals surface area contributed by atoms with Crippen LogP contribution in [0, 0.1) is 6.92 Å². The third-order valence-electron chi connectivity index (χ3n) is 2.91. The van der Waals surface area contributed by atoms with Crippen molar-refractivity contribution in [1.29, 1.82) is 0 Å². The summed E-state index contributed by atoms with van der Waals surface area (Å²) >= 11 is 5.90. The van der Waals surface area contributed by atoms with Crippen LogP contribution < -0.4 is 10.6 Å². The lowest BCUT2D eigenvalue weighted by Gasteiger charge is -2.10. The van der Waals surface area contributed by atoms with Crippen molar-refractivity contribution in [3.63, 3.8) is 0 Å². The molecule has 0 bridgehead atoms. The van der Waals surface area contributed by atoms with E-state index in [0.29, 0.717) is 13.0 Å². The molecule has 0 spiro atoms. The minimum absolute atomic E-state index is 0.00434. The van der Waals surface area contributed by atoms with Gasteiger partial charge in [0.25, 0.3) is 0 Å². The van der Waals surface area contributed by atoms with Crippen LogP contribution in [0.5, 0.6) is 0 Å². The number of aryl methyl sites for hydroxylation is 1. The van der Waals surface area contributed by atoms with Crippen molar-refractivity contribution < 1.29 is 4.79 Å². The van der Waals surface area contributed by atoms with Crippen molar-refractivity contribution in [3.05, 3.63) is 59.1 Å². The summed E-state index contributed by atoms with van der Waals surface area (Å²) in [7, 11) is 0. The molecule has 0 saturated heterocycles. The van der Waals surface area contributed by atoms with Gasteiger partial charge in [-0.15, -0.1) is 0 Å². The van der Waals surface area contributed by atoms with Gasteiger partial charge in [0.05, 0.1) is 0 Å². The second-order valence-electron chi connectivity index (χ2n) is 4.55. The minimum atomic E-state index is -0.00434. The van der Waals surface area contributed by atoms with Gasteiger partial charge in [0.2, 0.25) is 5.91 Å². The number of para-hydroxylation sites is 1. The monoisotopic (exact) mass is 288 g/mol. The van der Waals surface area contributed by atoms with E-state index in [1.807, 2.05) is 55.5 Å². The third kappa shape index (κ3) is 4.28. The first-order valence-corrected chi connectivity index (χ1v) is 6.88. The van der Waals surface area contributed by atoms with Gasteiger partial charge in [0, 0.05) is 29.4 Å². The summed E-state index contributed by atoms with van der Waals surface area (Å²) in [5.74, 6) is -0.00434. The third-order valence-corrected chi connectivity index (χ3v) is 3.15. The predicted octanol–water partition coefficient (Wildman–Crippen LogP) is 4.09. The summed E-state index contributed by atoms with van der Waals surface area (Å²) in [5.41, 5.74) is 2.89. The first-order chi connectivity index (χ1) is 9.65. The molecule has 0 heterocycles. The van der Waals surface area contributed by atoms with Crippen LogP contribution in [0.2, 0.25) is 5.02 Å². The molecule has 2 aromatic rings. The average Bonchev–Trinajstić information content (AvgIpc) is 2.42. The maximum absolute atomic E-state index is 11.8. The van der Waals surface area contributed by atoms with E-state index in [2.05, 4.69) is 10.6 Å². The normalized spacial score (nSPS) is 10.1. The molecule has 20 heavy (non-hydrogen) atoms. The number of anilines is 2. The first-order valence-electron chi connectivity index (χ1n) is 6.50. The largest absolute Gasteiger partial charge is 0.384 e. The fourth-order valence-electron chi connectivity index (χ4n) is 1.88. The number of carbonyl (C=O) groups is 1. The van der Waals surface area contributed by atoms with Crippen molar-refractivity contribution in [2.45, 2.75) is 13.3 Å². The zero-order valence-electron chi connectivity index (χ0n) is 11.3. The van der Waals surface area contributed by atoms with Crippen LogP contribution in [-0.2, 0) is 4.79 Å². The van der Waals surface area contributed by atoms with E-state index in [-0.39, 0.29) is 5.91 Å². The second-order valence-corrected chi connectivity index (χ2v) is 4.99. The lowest BCUT2D eigenvalue weighted by atomic mass is 10.2. The predicted molar refractivity (Wildman–Crippen MR) is 84.4 cm³/mol. The Hall–Kier alpha value is -2.00. The first kappa shape index (κ1) is 14.4. The molecule has 2 aromatic carbocycles. The van der Waals surface area contributed by atoms with Crippen LogP contribution in [0.4, 0.5) is 11.4 Å². The van der Waals surface area contributed by atoms with E-state index in [9.17, 15) is 4.79 Å². The van der Waals surface area contributed by atoms with Crippen LogP contribution >= 0.6 is 11.6 Å². The van der Waals surface area contributed by atoms with Crippen molar-refractivity contribution in [1.82, 2.24) is 0 Å². The summed E-state index contributed by atoms with van der Waals surface area (Å²) in [4.78, 5) is 11.8. The Morgan fingerprint density at radius 1 is 1.15 bits per heavy atom. The van der Waals surface area contributed by atoms with Gasteiger partial charge >= 0.3 is 0 Å². The Labute approximate surface area is 124 Å². The molecular weight excluding hydrogens is 272 g/mol. The van der Waals surface area contributed by atoms with Crippen LogP contribution in [-0.4, -0.2) is 12.5 Å². The van der Waals surface area contributed by atoms with Gasteiger partial charge in [0.15, 0.2) is 0 Å². The maximum Gasteiger partial charge on any atom is 0.226 e. The molecule has 0 radical (unpaired) electrons. The molecule has 104 valence electrons. The zero-order chi connectivity index (χ0) is 14.4. The van der Waals surface area contributed by atoms with E-state index in [1.54, 1.807) is 0 Å². The molecular formula is C16H17ClN2O. The van der Waals surface area contributed by atoms with Crippen molar-refractivity contribution in [2.24, 2.45) is 0 Å². The van der Waals surface area contributed by atoms with Gasteiger partial charge in [0.1, 0.15) is 0 Å². The van der Waals surface area contributed by atoms with Crippen LogP contribution in [0.15, 0.2) is 48.5 Å². The Morgan fingerprint density at radius 2 is 1.90 bits per heavy atom. The second kappa shape index (κ2) is 6.96. The molecule has 0 saturated carbocycles.